The molecule has 0 unspecified atom stereocenters. The van der Waals surface area contributed by atoms with E-state index in [1.807, 2.05) is 38.2 Å². The average molecular weight is 326 g/mol. The van der Waals surface area contributed by atoms with E-state index < -0.39 is 0 Å². The molecule has 8 nitrogen and oxygen atoms in total. The van der Waals surface area contributed by atoms with E-state index in [-0.39, 0.29) is 12.5 Å². The van der Waals surface area contributed by atoms with Gasteiger partial charge in [0.05, 0.1) is 13.7 Å². The van der Waals surface area contributed by atoms with Gasteiger partial charge in [-0.3, -0.25) is 4.79 Å². The summed E-state index contributed by atoms with van der Waals surface area (Å²) in [7, 11) is 3.41. The molecule has 0 radical (unpaired) electrons. The summed E-state index contributed by atoms with van der Waals surface area (Å²) in [4.78, 5) is 22.5. The lowest BCUT2D eigenvalue weighted by molar-refractivity contribution is -0.114. The number of carbonyl (C=O) groups is 1. The van der Waals surface area contributed by atoms with Crippen molar-refractivity contribution in [3.8, 4) is 5.75 Å². The topological polar surface area (TPSA) is 84.6 Å². The van der Waals surface area contributed by atoms with E-state index in [0.29, 0.717) is 17.2 Å². The Balaban J connectivity index is 1.74. The number of rotatable bonds is 5. The fraction of sp³-hybridized carbons (Fsp3) is 0.250. The number of aryl methyl sites for hydroxylation is 1. The van der Waals surface area contributed by atoms with E-state index in [0.717, 1.165) is 11.5 Å². The van der Waals surface area contributed by atoms with Crippen molar-refractivity contribution in [1.29, 1.82) is 0 Å². The van der Waals surface area contributed by atoms with Crippen LogP contribution in [0.5, 0.6) is 5.75 Å². The molecule has 0 spiro atoms. The van der Waals surface area contributed by atoms with Gasteiger partial charge in [0.15, 0.2) is 0 Å². The van der Waals surface area contributed by atoms with Crippen molar-refractivity contribution in [2.24, 2.45) is 0 Å². The number of nitrogens with zero attached hydrogens (tertiary/aromatic N) is 5. The summed E-state index contributed by atoms with van der Waals surface area (Å²) >= 11 is 0. The Labute approximate surface area is 139 Å². The molecule has 24 heavy (non-hydrogen) atoms. The van der Waals surface area contributed by atoms with Crippen LogP contribution >= 0.6 is 0 Å². The van der Waals surface area contributed by atoms with Gasteiger partial charge in [-0.05, 0) is 19.1 Å². The first kappa shape index (κ1) is 15.7. The van der Waals surface area contributed by atoms with E-state index in [4.69, 9.17) is 4.74 Å². The molecule has 0 aliphatic rings. The van der Waals surface area contributed by atoms with E-state index in [9.17, 15) is 4.79 Å². The lowest BCUT2D eigenvalue weighted by Gasteiger charge is -2.19. The highest BCUT2D eigenvalue weighted by atomic mass is 16.5. The summed E-state index contributed by atoms with van der Waals surface area (Å²) < 4.78 is 6.76. The third-order valence-electron chi connectivity index (χ3n) is 3.49. The van der Waals surface area contributed by atoms with Gasteiger partial charge in [0, 0.05) is 30.6 Å². The van der Waals surface area contributed by atoms with Crippen LogP contribution in [0.4, 0.5) is 11.5 Å². The van der Waals surface area contributed by atoms with Gasteiger partial charge in [0.1, 0.15) is 17.9 Å². The monoisotopic (exact) mass is 326 g/mol. The van der Waals surface area contributed by atoms with Gasteiger partial charge in [-0.25, -0.2) is 4.98 Å². The lowest BCUT2D eigenvalue weighted by Crippen LogP contribution is -2.31. The largest absolute Gasteiger partial charge is 0.497 e. The minimum absolute atomic E-state index is 0.145. The molecule has 0 aliphatic carbocycles. The van der Waals surface area contributed by atoms with Gasteiger partial charge < -0.3 is 15.0 Å². The van der Waals surface area contributed by atoms with Crippen molar-refractivity contribution >= 4 is 23.2 Å². The van der Waals surface area contributed by atoms with Crippen molar-refractivity contribution in [3.05, 3.63) is 42.4 Å². The molecule has 0 bridgehead atoms. The molecule has 0 saturated carbocycles. The summed E-state index contributed by atoms with van der Waals surface area (Å²) in [6.07, 6.45) is 1.44. The number of fused-ring (bicyclic) bond motifs is 1. The Kier molecular flexibility index (Phi) is 4.28. The van der Waals surface area contributed by atoms with E-state index in [1.165, 1.54) is 6.33 Å². The highest BCUT2D eigenvalue weighted by Crippen LogP contribution is 2.17. The van der Waals surface area contributed by atoms with Gasteiger partial charge in [-0.15, -0.1) is 0 Å². The Morgan fingerprint density at radius 1 is 1.38 bits per heavy atom. The molecule has 3 rings (SSSR count). The van der Waals surface area contributed by atoms with Crippen LogP contribution in [0.25, 0.3) is 5.78 Å². The second-order valence-corrected chi connectivity index (χ2v) is 5.36. The van der Waals surface area contributed by atoms with Gasteiger partial charge >= 0.3 is 0 Å². The normalized spacial score (nSPS) is 10.6. The van der Waals surface area contributed by atoms with Crippen LogP contribution in [0.15, 0.2) is 36.7 Å². The maximum atomic E-state index is 12.3. The van der Waals surface area contributed by atoms with E-state index in [1.54, 1.807) is 22.6 Å². The van der Waals surface area contributed by atoms with Crippen LogP contribution in [-0.2, 0) is 4.79 Å². The number of carbonyl (C=O) groups excluding carboxylic acids is 1. The van der Waals surface area contributed by atoms with Gasteiger partial charge in [-0.2, -0.15) is 14.6 Å². The Morgan fingerprint density at radius 3 is 3.00 bits per heavy atom. The fourth-order valence-corrected chi connectivity index (χ4v) is 2.38. The zero-order valence-corrected chi connectivity index (χ0v) is 13.7. The maximum absolute atomic E-state index is 12.3. The number of methoxy groups -OCH3 is 1. The average Bonchev–Trinajstić information content (AvgIpc) is 3.02. The number of aromatic nitrogens is 4. The van der Waals surface area contributed by atoms with E-state index in [2.05, 4.69) is 20.4 Å². The predicted molar refractivity (Wildman–Crippen MR) is 90.4 cm³/mol. The molecule has 2 heterocycles. The molecular formula is C16H18N6O2. The number of likely N-dealkylation sites (N-methyl/N-ethyl adjacent to an activating group) is 1. The molecule has 1 N–H and O–H groups in total. The molecule has 0 fully saturated rings. The number of hydrogen-bond donors (Lipinski definition) is 1. The minimum atomic E-state index is -0.145. The second-order valence-electron chi connectivity index (χ2n) is 5.36. The lowest BCUT2D eigenvalue weighted by atomic mass is 10.3. The smallest absolute Gasteiger partial charge is 0.254 e. The number of benzene rings is 1. The quantitative estimate of drug-likeness (QED) is 0.765. The predicted octanol–water partition coefficient (Wildman–Crippen LogP) is 1.52. The third-order valence-corrected chi connectivity index (χ3v) is 3.49. The molecule has 0 atom stereocenters. The number of amides is 1. The van der Waals surface area contributed by atoms with Crippen molar-refractivity contribution in [2.75, 3.05) is 30.9 Å². The molecule has 3 aromatic rings. The van der Waals surface area contributed by atoms with Gasteiger partial charge in [0.25, 0.3) is 5.78 Å². The van der Waals surface area contributed by atoms with Crippen LogP contribution in [0.1, 0.15) is 5.69 Å². The highest BCUT2D eigenvalue weighted by Gasteiger charge is 2.13. The zero-order chi connectivity index (χ0) is 17.1. The summed E-state index contributed by atoms with van der Waals surface area (Å²) in [6.45, 7) is 2.04. The Bertz CT molecular complexity index is 876. The molecule has 1 amide bonds. The maximum Gasteiger partial charge on any atom is 0.254 e. The van der Waals surface area contributed by atoms with Crippen LogP contribution in [-0.4, -0.2) is 46.2 Å². The third kappa shape index (κ3) is 3.27. The first-order valence-corrected chi connectivity index (χ1v) is 7.39. The summed E-state index contributed by atoms with van der Waals surface area (Å²) in [5.41, 5.74) is 1.50. The first-order valence-electron chi connectivity index (χ1n) is 7.39. The fourth-order valence-electron chi connectivity index (χ4n) is 2.38. The zero-order valence-electron chi connectivity index (χ0n) is 13.7. The highest BCUT2D eigenvalue weighted by molar-refractivity contribution is 5.94. The molecule has 0 saturated heterocycles. The molecule has 0 aliphatic heterocycles. The number of hydrogen-bond acceptors (Lipinski definition) is 6. The summed E-state index contributed by atoms with van der Waals surface area (Å²) in [5, 5.41) is 7.00. The Hall–Kier alpha value is -3.16. The molecule has 1 aromatic carbocycles. The number of nitrogens with one attached hydrogen (secondary N) is 1. The first-order chi connectivity index (χ1) is 11.6. The molecule has 2 aromatic heterocycles. The van der Waals surface area contributed by atoms with E-state index >= 15 is 0 Å². The summed E-state index contributed by atoms with van der Waals surface area (Å²) in [6, 6.07) is 9.09. The van der Waals surface area contributed by atoms with Crippen molar-refractivity contribution in [3.63, 3.8) is 0 Å². The van der Waals surface area contributed by atoms with Gasteiger partial charge in [-0.1, -0.05) is 6.07 Å². The van der Waals surface area contributed by atoms with Crippen LogP contribution in [0.3, 0.4) is 0 Å². The summed E-state index contributed by atoms with van der Waals surface area (Å²) in [5.74, 6) is 1.80. The number of anilines is 2. The Morgan fingerprint density at radius 2 is 2.21 bits per heavy atom. The minimum Gasteiger partial charge on any atom is -0.497 e. The van der Waals surface area contributed by atoms with Crippen LogP contribution in [0.2, 0.25) is 0 Å². The molecule has 124 valence electrons. The standard InChI is InChI=1S/C16H18N6O2/c1-11-7-15(22-16(19-11)17-10-18-22)21(2)9-14(23)20-12-5-4-6-13(8-12)24-3/h4-8,10H,9H2,1-3H3,(H,20,23). The van der Waals surface area contributed by atoms with Crippen molar-refractivity contribution < 1.29 is 9.53 Å². The van der Waals surface area contributed by atoms with Crippen molar-refractivity contribution in [1.82, 2.24) is 19.6 Å². The SMILES string of the molecule is COc1cccc(NC(=O)CN(C)c2cc(C)nc3ncnn23)c1. The van der Waals surface area contributed by atoms with Gasteiger partial charge in [0.2, 0.25) is 5.91 Å². The molecule has 8 heteroatoms. The van der Waals surface area contributed by atoms with Crippen LogP contribution < -0.4 is 15.0 Å². The van der Waals surface area contributed by atoms with Crippen LogP contribution in [0, 0.1) is 6.92 Å². The second kappa shape index (κ2) is 6.53. The van der Waals surface area contributed by atoms with Crippen molar-refractivity contribution in [2.45, 2.75) is 6.92 Å². The number of ether oxygens (including phenoxy) is 1. The molecular weight excluding hydrogens is 308 g/mol.